The molecule has 176 valence electrons. The van der Waals surface area contributed by atoms with E-state index in [-0.39, 0.29) is 30.8 Å². The fourth-order valence-electron chi connectivity index (χ4n) is 5.96. The van der Waals surface area contributed by atoms with Gasteiger partial charge in [0.25, 0.3) is 0 Å². The summed E-state index contributed by atoms with van der Waals surface area (Å²) in [6.45, 7) is 0.187. The number of ether oxygens (including phenoxy) is 1. The summed E-state index contributed by atoms with van der Waals surface area (Å²) in [6, 6.07) is 1.86. The van der Waals surface area contributed by atoms with Crippen LogP contribution in [0.15, 0.2) is 12.1 Å². The Kier molecular flexibility index (Phi) is 5.50. The minimum Gasteiger partial charge on any atom is -0.507 e. The number of benzene rings is 1. The number of primary amides is 1. The van der Waals surface area contributed by atoms with Crippen LogP contribution in [-0.2, 0) is 36.9 Å². The van der Waals surface area contributed by atoms with Crippen molar-refractivity contribution in [1.82, 2.24) is 4.90 Å². The van der Waals surface area contributed by atoms with Gasteiger partial charge in [0.1, 0.15) is 5.75 Å². The number of nitrogens with zero attached hydrogens (tertiary/aromatic N) is 1. The Morgan fingerprint density at radius 3 is 2.45 bits per heavy atom. The van der Waals surface area contributed by atoms with Crippen LogP contribution in [0.2, 0.25) is 0 Å². The molecule has 0 radical (unpaired) electrons. The molecule has 1 aromatic rings. The van der Waals surface area contributed by atoms with Crippen LogP contribution in [0.25, 0.3) is 0 Å². The first-order valence-electron chi connectivity index (χ1n) is 10.6. The van der Waals surface area contributed by atoms with E-state index in [1.54, 1.807) is 20.2 Å². The van der Waals surface area contributed by atoms with E-state index in [0.29, 0.717) is 11.1 Å². The molecule has 4 rings (SSSR count). The molecule has 1 amide bonds. The minimum absolute atomic E-state index is 0.0198. The molecule has 0 bridgehead atoms. The molecular formula is C23H26N2O8. The Bertz CT molecular complexity index is 1100. The molecule has 3 aliphatic carbocycles. The Hall–Kier alpha value is -2.95. The second-order valence-corrected chi connectivity index (χ2v) is 9.32. The van der Waals surface area contributed by atoms with Crippen LogP contribution < -0.4 is 5.73 Å². The van der Waals surface area contributed by atoms with Crippen molar-refractivity contribution < 1.29 is 38.9 Å². The fraction of sp³-hybridized carbons (Fsp3) is 0.522. The van der Waals surface area contributed by atoms with Crippen molar-refractivity contribution in [1.29, 1.82) is 0 Å². The summed E-state index contributed by atoms with van der Waals surface area (Å²) in [4.78, 5) is 66.7. The molecule has 6 unspecified atom stereocenters. The summed E-state index contributed by atoms with van der Waals surface area (Å²) >= 11 is 0. The van der Waals surface area contributed by atoms with Crippen molar-refractivity contribution in [2.24, 2.45) is 29.4 Å². The van der Waals surface area contributed by atoms with Gasteiger partial charge in [0.05, 0.1) is 24.1 Å². The Morgan fingerprint density at radius 1 is 1.21 bits per heavy atom. The van der Waals surface area contributed by atoms with Crippen molar-refractivity contribution in [3.05, 3.63) is 28.8 Å². The smallest absolute Gasteiger partial charge is 0.235 e. The molecule has 1 aromatic carbocycles. The van der Waals surface area contributed by atoms with Crippen LogP contribution in [0.3, 0.4) is 0 Å². The summed E-state index contributed by atoms with van der Waals surface area (Å²) in [6.07, 6.45) is 0.241. The van der Waals surface area contributed by atoms with Crippen LogP contribution in [0.5, 0.6) is 5.75 Å². The number of ketones is 4. The highest BCUT2D eigenvalue weighted by atomic mass is 16.5. The zero-order valence-electron chi connectivity index (χ0n) is 18.5. The van der Waals surface area contributed by atoms with Gasteiger partial charge >= 0.3 is 0 Å². The number of amides is 1. The third kappa shape index (κ3) is 3.08. The van der Waals surface area contributed by atoms with E-state index in [2.05, 4.69) is 0 Å². The zero-order chi connectivity index (χ0) is 24.4. The molecular weight excluding hydrogens is 432 g/mol. The van der Waals surface area contributed by atoms with E-state index < -0.39 is 64.4 Å². The second-order valence-electron chi connectivity index (χ2n) is 9.32. The third-order valence-corrected chi connectivity index (χ3v) is 7.34. The number of aromatic hydroxyl groups is 1. The minimum atomic E-state index is -2.71. The maximum absolute atomic E-state index is 13.6. The predicted octanol–water partition coefficient (Wildman–Crippen LogP) is -0.987. The SMILES string of the molecule is COCc1ccc(O)c2c1CC1CC3C(N(C)C)C(=O)C(C(N)=O)C(=O)C3(O)C(=O)C1C2=O. The largest absolute Gasteiger partial charge is 0.507 e. The average Bonchev–Trinajstić information content (AvgIpc) is 2.72. The molecule has 10 nitrogen and oxygen atoms in total. The quantitative estimate of drug-likeness (QED) is 0.481. The molecule has 0 heterocycles. The predicted molar refractivity (Wildman–Crippen MR) is 112 cm³/mol. The lowest BCUT2D eigenvalue weighted by Crippen LogP contribution is -2.74. The van der Waals surface area contributed by atoms with Crippen molar-refractivity contribution in [2.75, 3.05) is 21.2 Å². The molecule has 6 atom stereocenters. The van der Waals surface area contributed by atoms with Gasteiger partial charge in [0.2, 0.25) is 5.91 Å². The van der Waals surface area contributed by atoms with Gasteiger partial charge in [-0.2, -0.15) is 0 Å². The first kappa shape index (κ1) is 23.2. The number of Topliss-reactive ketones (excluding diaryl/α,β-unsaturated/α-hetero) is 4. The van der Waals surface area contributed by atoms with Gasteiger partial charge in [-0.1, -0.05) is 6.07 Å². The number of nitrogens with two attached hydrogens (primary N) is 1. The number of fused-ring (bicyclic) bond motifs is 3. The number of aliphatic hydroxyl groups is 1. The Labute approximate surface area is 189 Å². The summed E-state index contributed by atoms with van der Waals surface area (Å²) in [5.41, 5.74) is 3.77. The topological polar surface area (TPSA) is 164 Å². The fourth-order valence-corrected chi connectivity index (χ4v) is 5.96. The zero-order valence-corrected chi connectivity index (χ0v) is 18.5. The van der Waals surface area contributed by atoms with E-state index >= 15 is 0 Å². The van der Waals surface area contributed by atoms with Gasteiger partial charge in [0, 0.05) is 13.0 Å². The van der Waals surface area contributed by atoms with Crippen LogP contribution in [-0.4, -0.2) is 77.0 Å². The number of methoxy groups -OCH3 is 1. The van der Waals surface area contributed by atoms with Crippen molar-refractivity contribution in [2.45, 2.75) is 31.1 Å². The molecule has 3 aliphatic rings. The first-order chi connectivity index (χ1) is 15.5. The Morgan fingerprint density at radius 2 is 1.88 bits per heavy atom. The number of carbonyl (C=O) groups excluding carboxylic acids is 5. The average molecular weight is 458 g/mol. The normalized spacial score (nSPS) is 33.5. The highest BCUT2D eigenvalue weighted by molar-refractivity contribution is 6.32. The van der Waals surface area contributed by atoms with E-state index in [4.69, 9.17) is 10.5 Å². The number of hydrogen-bond acceptors (Lipinski definition) is 9. The van der Waals surface area contributed by atoms with E-state index in [9.17, 15) is 34.2 Å². The maximum Gasteiger partial charge on any atom is 0.235 e. The van der Waals surface area contributed by atoms with E-state index in [0.717, 1.165) is 0 Å². The summed E-state index contributed by atoms with van der Waals surface area (Å²) in [7, 11) is 4.58. The van der Waals surface area contributed by atoms with Crippen LogP contribution in [0, 0.1) is 23.7 Å². The summed E-state index contributed by atoms with van der Waals surface area (Å²) in [5, 5.41) is 21.9. The van der Waals surface area contributed by atoms with Gasteiger partial charge in [-0.3, -0.25) is 28.9 Å². The Balaban J connectivity index is 1.87. The van der Waals surface area contributed by atoms with Gasteiger partial charge in [0.15, 0.2) is 34.7 Å². The standard InChI is InChI=1S/C23H26N2O8/c1-25(2)17-12-7-10-6-11-9(8-33-3)4-5-13(26)15(11)18(27)14(10)20(29)23(12,32)21(30)16(19(17)28)22(24)31/h4-5,10,12,14,16-17,26,32H,6-8H2,1-3H3,(H2,24,31). The maximum atomic E-state index is 13.6. The number of carbonyl (C=O) groups is 5. The third-order valence-electron chi connectivity index (χ3n) is 7.34. The molecule has 2 fully saturated rings. The molecule has 10 heteroatoms. The lowest BCUT2D eigenvalue weighted by Gasteiger charge is -2.52. The highest BCUT2D eigenvalue weighted by Gasteiger charge is 2.69. The number of phenols is 1. The lowest BCUT2D eigenvalue weighted by atomic mass is 9.52. The summed E-state index contributed by atoms with van der Waals surface area (Å²) < 4.78 is 5.20. The molecule has 0 aromatic heterocycles. The monoisotopic (exact) mass is 458 g/mol. The number of phenolic OH excluding ortho intramolecular Hbond substituents is 1. The second kappa shape index (κ2) is 7.82. The summed E-state index contributed by atoms with van der Waals surface area (Å²) in [5.74, 6) is -10.5. The van der Waals surface area contributed by atoms with Crippen molar-refractivity contribution >= 4 is 29.0 Å². The first-order valence-corrected chi connectivity index (χ1v) is 10.6. The van der Waals surface area contributed by atoms with Crippen molar-refractivity contribution in [3.8, 4) is 5.75 Å². The van der Waals surface area contributed by atoms with Gasteiger partial charge in [-0.25, -0.2) is 0 Å². The van der Waals surface area contributed by atoms with Crippen LogP contribution in [0.1, 0.15) is 27.9 Å². The number of hydrogen-bond donors (Lipinski definition) is 3. The van der Waals surface area contributed by atoms with Crippen molar-refractivity contribution in [3.63, 3.8) is 0 Å². The van der Waals surface area contributed by atoms with Gasteiger partial charge in [-0.05, 0) is 50.0 Å². The number of rotatable bonds is 4. The highest BCUT2D eigenvalue weighted by Crippen LogP contribution is 2.51. The molecule has 0 aliphatic heterocycles. The van der Waals surface area contributed by atoms with Gasteiger partial charge in [-0.15, -0.1) is 0 Å². The molecule has 4 N–H and O–H groups in total. The lowest BCUT2D eigenvalue weighted by molar-refractivity contribution is -0.181. The van der Waals surface area contributed by atoms with Gasteiger partial charge < -0.3 is 20.7 Å². The van der Waals surface area contributed by atoms with Crippen LogP contribution in [0.4, 0.5) is 0 Å². The van der Waals surface area contributed by atoms with Crippen LogP contribution >= 0.6 is 0 Å². The van der Waals surface area contributed by atoms with E-state index in [1.807, 2.05) is 0 Å². The van der Waals surface area contributed by atoms with E-state index in [1.165, 1.54) is 18.1 Å². The molecule has 2 saturated carbocycles. The molecule has 0 spiro atoms. The molecule has 0 saturated heterocycles. The molecule has 33 heavy (non-hydrogen) atoms. The number of likely N-dealkylation sites (N-methyl/N-ethyl adjacent to an activating group) is 1.